The van der Waals surface area contributed by atoms with Gasteiger partial charge in [-0.2, -0.15) is 5.10 Å². The fourth-order valence-corrected chi connectivity index (χ4v) is 3.86. The van der Waals surface area contributed by atoms with E-state index in [0.717, 1.165) is 24.2 Å². The van der Waals surface area contributed by atoms with Crippen LogP contribution in [0.3, 0.4) is 0 Å². The van der Waals surface area contributed by atoms with Crippen LogP contribution in [0.4, 0.5) is 5.69 Å². The van der Waals surface area contributed by atoms with Crippen molar-refractivity contribution in [1.29, 1.82) is 0 Å². The van der Waals surface area contributed by atoms with Crippen LogP contribution in [0.25, 0.3) is 10.9 Å². The minimum absolute atomic E-state index is 0.180. The number of anilines is 1. The lowest BCUT2D eigenvalue weighted by atomic mass is 9.96. The number of nitrogens with zero attached hydrogens (tertiary/aromatic N) is 2. The van der Waals surface area contributed by atoms with E-state index in [2.05, 4.69) is 34.2 Å². The lowest BCUT2D eigenvalue weighted by molar-refractivity contribution is -0.130. The quantitative estimate of drug-likeness (QED) is 0.683. The number of rotatable bonds is 4. The molecular formula is C19H23N5O. The molecule has 2 atom stereocenters. The van der Waals surface area contributed by atoms with Gasteiger partial charge in [0.2, 0.25) is 5.91 Å². The molecule has 0 aliphatic carbocycles. The maximum atomic E-state index is 12.7. The number of fused-ring (bicyclic) bond motifs is 1. The van der Waals surface area contributed by atoms with Crippen molar-refractivity contribution in [2.75, 3.05) is 18.8 Å². The highest BCUT2D eigenvalue weighted by atomic mass is 16.2. The van der Waals surface area contributed by atoms with E-state index in [1.807, 2.05) is 23.2 Å². The highest BCUT2D eigenvalue weighted by molar-refractivity contribution is 5.85. The first-order valence-electron chi connectivity index (χ1n) is 8.76. The number of aromatic nitrogens is 3. The molecular weight excluding hydrogens is 314 g/mol. The van der Waals surface area contributed by atoms with Crippen molar-refractivity contribution in [1.82, 2.24) is 20.1 Å². The summed E-state index contributed by atoms with van der Waals surface area (Å²) in [5, 5.41) is 8.16. The normalized spacial score (nSPS) is 18.8. The number of carbonyl (C=O) groups excluding carboxylic acids is 1. The third-order valence-corrected chi connectivity index (χ3v) is 5.28. The molecule has 130 valence electrons. The summed E-state index contributed by atoms with van der Waals surface area (Å²) in [6, 6.07) is 8.22. The van der Waals surface area contributed by atoms with E-state index < -0.39 is 0 Å². The van der Waals surface area contributed by atoms with E-state index in [-0.39, 0.29) is 17.7 Å². The average Bonchev–Trinajstić information content (AvgIpc) is 3.33. The maximum absolute atomic E-state index is 12.7. The summed E-state index contributed by atoms with van der Waals surface area (Å²) >= 11 is 0. The summed E-state index contributed by atoms with van der Waals surface area (Å²) in [7, 11) is 0. The molecule has 0 radical (unpaired) electrons. The van der Waals surface area contributed by atoms with E-state index in [0.29, 0.717) is 18.7 Å². The van der Waals surface area contributed by atoms with Crippen molar-refractivity contribution in [3.05, 3.63) is 47.9 Å². The summed E-state index contributed by atoms with van der Waals surface area (Å²) in [5.41, 5.74) is 9.91. The third kappa shape index (κ3) is 2.88. The number of likely N-dealkylation sites (tertiary alicyclic amines) is 1. The van der Waals surface area contributed by atoms with Gasteiger partial charge in [0.05, 0.1) is 17.6 Å². The molecule has 2 aromatic heterocycles. The molecule has 0 bridgehead atoms. The van der Waals surface area contributed by atoms with Gasteiger partial charge in [0.25, 0.3) is 0 Å². The molecule has 1 aromatic carbocycles. The molecule has 6 heteroatoms. The van der Waals surface area contributed by atoms with Crippen LogP contribution in [-0.2, 0) is 4.79 Å². The molecule has 1 aliphatic rings. The van der Waals surface area contributed by atoms with Gasteiger partial charge in [-0.3, -0.25) is 9.89 Å². The Bertz CT molecular complexity index is 896. The number of amides is 1. The first kappa shape index (κ1) is 15.7. The van der Waals surface area contributed by atoms with E-state index in [9.17, 15) is 4.79 Å². The highest BCUT2D eigenvalue weighted by Gasteiger charge is 2.30. The lowest BCUT2D eigenvalue weighted by Gasteiger charge is -2.19. The summed E-state index contributed by atoms with van der Waals surface area (Å²) in [6.45, 7) is 3.61. The Kier molecular flexibility index (Phi) is 3.95. The van der Waals surface area contributed by atoms with Crippen LogP contribution in [0.15, 0.2) is 36.7 Å². The van der Waals surface area contributed by atoms with Gasteiger partial charge in [0.15, 0.2) is 0 Å². The first-order chi connectivity index (χ1) is 12.1. The van der Waals surface area contributed by atoms with Gasteiger partial charge in [0.1, 0.15) is 0 Å². The van der Waals surface area contributed by atoms with Crippen LogP contribution in [0.1, 0.15) is 42.9 Å². The third-order valence-electron chi connectivity index (χ3n) is 5.28. The molecule has 4 N–H and O–H groups in total. The van der Waals surface area contributed by atoms with Crippen LogP contribution in [-0.4, -0.2) is 39.1 Å². The van der Waals surface area contributed by atoms with Gasteiger partial charge in [0, 0.05) is 42.5 Å². The highest BCUT2D eigenvalue weighted by Crippen LogP contribution is 2.32. The van der Waals surface area contributed by atoms with Crippen molar-refractivity contribution >= 4 is 22.5 Å². The molecule has 2 unspecified atom stereocenters. The first-order valence-corrected chi connectivity index (χ1v) is 8.76. The van der Waals surface area contributed by atoms with Crippen molar-refractivity contribution < 1.29 is 4.79 Å². The Morgan fingerprint density at radius 3 is 3.08 bits per heavy atom. The van der Waals surface area contributed by atoms with Crippen molar-refractivity contribution in [2.24, 2.45) is 0 Å². The second kappa shape index (κ2) is 6.27. The predicted molar refractivity (Wildman–Crippen MR) is 98.3 cm³/mol. The molecule has 1 aliphatic heterocycles. The zero-order chi connectivity index (χ0) is 17.4. The topological polar surface area (TPSA) is 90.8 Å². The average molecular weight is 337 g/mol. The number of H-pyrrole nitrogens is 2. The number of nitrogens with two attached hydrogens (primary N) is 1. The summed E-state index contributed by atoms with van der Waals surface area (Å²) in [5.74, 6) is 0.646. The van der Waals surface area contributed by atoms with Crippen LogP contribution in [0, 0.1) is 0 Å². The van der Waals surface area contributed by atoms with Gasteiger partial charge < -0.3 is 15.6 Å². The molecule has 6 nitrogen and oxygen atoms in total. The lowest BCUT2D eigenvalue weighted by Crippen LogP contribution is -2.29. The van der Waals surface area contributed by atoms with Crippen LogP contribution in [0.2, 0.25) is 0 Å². The molecule has 25 heavy (non-hydrogen) atoms. The molecule has 1 saturated heterocycles. The number of aromatic amines is 2. The molecule has 3 heterocycles. The minimum atomic E-state index is 0.180. The fraction of sp³-hybridized carbons (Fsp3) is 0.368. The standard InChI is InChI=1S/C19H23N5O/c1-12(15-9-21-17-5-3-2-4-14(15)17)8-18(25)24-7-6-13(11-24)19-16(20)10-22-23-19/h2-5,9-10,12-13,21H,6-8,11,20H2,1H3,(H,22,23). The van der Waals surface area contributed by atoms with E-state index in [1.165, 1.54) is 10.9 Å². The predicted octanol–water partition coefficient (Wildman–Crippen LogP) is 2.98. The second-order valence-electron chi connectivity index (χ2n) is 6.96. The summed E-state index contributed by atoms with van der Waals surface area (Å²) < 4.78 is 0. The van der Waals surface area contributed by atoms with E-state index in [4.69, 9.17) is 5.73 Å². The Morgan fingerprint density at radius 2 is 2.28 bits per heavy atom. The number of nitrogen functional groups attached to an aromatic ring is 1. The molecule has 0 spiro atoms. The van der Waals surface area contributed by atoms with Gasteiger partial charge in [-0.1, -0.05) is 25.1 Å². The Labute approximate surface area is 146 Å². The second-order valence-corrected chi connectivity index (χ2v) is 6.96. The zero-order valence-electron chi connectivity index (χ0n) is 14.3. The van der Waals surface area contributed by atoms with Gasteiger partial charge in [-0.15, -0.1) is 0 Å². The molecule has 4 rings (SSSR count). The number of para-hydroxylation sites is 1. The van der Waals surface area contributed by atoms with Crippen LogP contribution in [0.5, 0.6) is 0 Å². The number of hydrogen-bond donors (Lipinski definition) is 3. The van der Waals surface area contributed by atoms with Gasteiger partial charge in [-0.05, 0) is 24.0 Å². The number of hydrogen-bond acceptors (Lipinski definition) is 3. The van der Waals surface area contributed by atoms with Crippen LogP contribution < -0.4 is 5.73 Å². The number of carbonyl (C=O) groups is 1. The Morgan fingerprint density at radius 1 is 1.44 bits per heavy atom. The van der Waals surface area contributed by atoms with Gasteiger partial charge in [-0.25, -0.2) is 0 Å². The van der Waals surface area contributed by atoms with Gasteiger partial charge >= 0.3 is 0 Å². The molecule has 0 saturated carbocycles. The van der Waals surface area contributed by atoms with Crippen LogP contribution >= 0.6 is 0 Å². The van der Waals surface area contributed by atoms with E-state index >= 15 is 0 Å². The fourth-order valence-electron chi connectivity index (χ4n) is 3.86. The summed E-state index contributed by atoms with van der Waals surface area (Å²) in [4.78, 5) is 18.0. The largest absolute Gasteiger partial charge is 0.396 e. The summed E-state index contributed by atoms with van der Waals surface area (Å²) in [6.07, 6.45) is 5.12. The minimum Gasteiger partial charge on any atom is -0.396 e. The zero-order valence-corrected chi connectivity index (χ0v) is 14.3. The van der Waals surface area contributed by atoms with Crippen molar-refractivity contribution in [3.63, 3.8) is 0 Å². The Hall–Kier alpha value is -2.76. The van der Waals surface area contributed by atoms with Crippen molar-refractivity contribution in [3.8, 4) is 0 Å². The number of nitrogens with one attached hydrogen (secondary N) is 2. The monoisotopic (exact) mass is 337 g/mol. The molecule has 3 aromatic rings. The Balaban J connectivity index is 1.43. The molecule has 1 amide bonds. The maximum Gasteiger partial charge on any atom is 0.223 e. The number of benzene rings is 1. The van der Waals surface area contributed by atoms with E-state index in [1.54, 1.807) is 6.20 Å². The molecule has 1 fully saturated rings. The SMILES string of the molecule is CC(CC(=O)N1CCC(c2[nH]ncc2N)C1)c1c[nH]c2ccccc12. The smallest absolute Gasteiger partial charge is 0.223 e. The van der Waals surface area contributed by atoms with Crippen molar-refractivity contribution in [2.45, 2.75) is 31.6 Å².